The highest BCUT2D eigenvalue weighted by Crippen LogP contribution is 2.42. The van der Waals surface area contributed by atoms with Crippen LogP contribution in [0.25, 0.3) is 0 Å². The summed E-state index contributed by atoms with van der Waals surface area (Å²) in [5.41, 5.74) is 0.249. The van der Waals surface area contributed by atoms with Crippen molar-refractivity contribution in [1.29, 1.82) is 0 Å². The molecule has 0 atom stereocenters. The van der Waals surface area contributed by atoms with Crippen LogP contribution in [0.3, 0.4) is 0 Å². The molecule has 1 rings (SSSR count). The summed E-state index contributed by atoms with van der Waals surface area (Å²) >= 11 is 0. The summed E-state index contributed by atoms with van der Waals surface area (Å²) in [7, 11) is 0. The number of rotatable bonds is 1. The zero-order valence-electron chi connectivity index (χ0n) is 8.55. The molecule has 1 heterocycles. The molecule has 1 aliphatic heterocycles. The second-order valence-corrected chi connectivity index (χ2v) is 4.85. The highest BCUT2D eigenvalue weighted by atomic mass is 16.1. The summed E-state index contributed by atoms with van der Waals surface area (Å²) in [5.74, 6) is 0. The molecule has 0 radical (unpaired) electrons. The summed E-state index contributed by atoms with van der Waals surface area (Å²) in [5, 5.41) is 0. The number of hydrogen-bond acceptors (Lipinski definition) is 1. The zero-order chi connectivity index (χ0) is 9.41. The van der Waals surface area contributed by atoms with Gasteiger partial charge in [0.05, 0.1) is 0 Å². The minimum Gasteiger partial charge on any atom is -0.340 e. The Morgan fingerprint density at radius 2 is 1.83 bits per heavy atom. The van der Waals surface area contributed by atoms with Crippen molar-refractivity contribution in [3.8, 4) is 0 Å². The van der Waals surface area contributed by atoms with Gasteiger partial charge in [0.1, 0.15) is 0 Å². The Morgan fingerprint density at radius 3 is 2.25 bits per heavy atom. The Hall–Kier alpha value is -0.530. The molecule has 2 nitrogen and oxygen atoms in total. The Kier molecular flexibility index (Phi) is 2.19. The van der Waals surface area contributed by atoms with Crippen LogP contribution in [0.15, 0.2) is 0 Å². The topological polar surface area (TPSA) is 20.3 Å². The average molecular weight is 169 g/mol. The lowest BCUT2D eigenvalue weighted by Gasteiger charge is -2.51. The lowest BCUT2D eigenvalue weighted by atomic mass is 9.68. The van der Waals surface area contributed by atoms with E-state index >= 15 is 0 Å². The molecular weight excluding hydrogens is 150 g/mol. The predicted molar refractivity (Wildman–Crippen MR) is 49.9 cm³/mol. The Morgan fingerprint density at radius 1 is 1.25 bits per heavy atom. The van der Waals surface area contributed by atoms with Gasteiger partial charge in [0.25, 0.3) is 0 Å². The smallest absolute Gasteiger partial charge is 0.210 e. The second kappa shape index (κ2) is 2.75. The van der Waals surface area contributed by atoms with E-state index in [2.05, 4.69) is 27.7 Å². The monoisotopic (exact) mass is 169 g/mol. The quantitative estimate of drug-likeness (QED) is 0.550. The molecule has 1 amide bonds. The standard InChI is InChI=1S/C10H19NO/c1-9(2)6-5-7-11(8-12)10(9,3)4/h8H,5-7H2,1-4H3. The minimum atomic E-state index is 0.00694. The van der Waals surface area contributed by atoms with E-state index in [4.69, 9.17) is 0 Å². The SMILES string of the molecule is CC1(C)CCCN(C=O)C1(C)C. The van der Waals surface area contributed by atoms with Gasteiger partial charge in [0.2, 0.25) is 6.41 Å². The van der Waals surface area contributed by atoms with Gasteiger partial charge in [-0.2, -0.15) is 0 Å². The van der Waals surface area contributed by atoms with E-state index < -0.39 is 0 Å². The maximum absolute atomic E-state index is 10.8. The fourth-order valence-corrected chi connectivity index (χ4v) is 1.85. The van der Waals surface area contributed by atoms with Crippen LogP contribution in [-0.2, 0) is 4.79 Å². The fourth-order valence-electron chi connectivity index (χ4n) is 1.85. The molecule has 70 valence electrons. The van der Waals surface area contributed by atoms with Crippen molar-refractivity contribution in [2.45, 2.75) is 46.1 Å². The van der Waals surface area contributed by atoms with Crippen molar-refractivity contribution in [1.82, 2.24) is 4.90 Å². The third kappa shape index (κ3) is 1.23. The van der Waals surface area contributed by atoms with Crippen molar-refractivity contribution in [2.75, 3.05) is 6.54 Å². The normalized spacial score (nSPS) is 26.8. The fraction of sp³-hybridized carbons (Fsp3) is 0.900. The molecule has 0 unspecified atom stereocenters. The molecule has 0 aliphatic carbocycles. The highest BCUT2D eigenvalue weighted by molar-refractivity contribution is 5.49. The van der Waals surface area contributed by atoms with Crippen molar-refractivity contribution in [2.24, 2.45) is 5.41 Å². The van der Waals surface area contributed by atoms with Crippen LogP contribution >= 0.6 is 0 Å². The molecule has 0 spiro atoms. The van der Waals surface area contributed by atoms with Gasteiger partial charge in [-0.3, -0.25) is 4.79 Å². The predicted octanol–water partition coefficient (Wildman–Crippen LogP) is 2.04. The van der Waals surface area contributed by atoms with Crippen LogP contribution in [0.2, 0.25) is 0 Å². The number of piperidine rings is 1. The first-order chi connectivity index (χ1) is 5.42. The van der Waals surface area contributed by atoms with Gasteiger partial charge in [-0.15, -0.1) is 0 Å². The zero-order valence-corrected chi connectivity index (χ0v) is 8.55. The average Bonchev–Trinajstić information content (AvgIpc) is 1.95. The molecule has 1 saturated heterocycles. The van der Waals surface area contributed by atoms with Crippen LogP contribution in [0.5, 0.6) is 0 Å². The first-order valence-corrected chi connectivity index (χ1v) is 4.64. The lowest BCUT2D eigenvalue weighted by molar-refractivity contribution is -0.131. The molecule has 0 saturated carbocycles. The van der Waals surface area contributed by atoms with E-state index in [-0.39, 0.29) is 11.0 Å². The van der Waals surface area contributed by atoms with E-state index in [0.29, 0.717) is 0 Å². The van der Waals surface area contributed by atoms with E-state index in [1.807, 2.05) is 4.90 Å². The van der Waals surface area contributed by atoms with E-state index in [0.717, 1.165) is 19.4 Å². The summed E-state index contributed by atoms with van der Waals surface area (Å²) in [6.45, 7) is 9.70. The lowest BCUT2D eigenvalue weighted by Crippen LogP contribution is -2.56. The van der Waals surface area contributed by atoms with Crippen molar-refractivity contribution in [3.05, 3.63) is 0 Å². The number of amides is 1. The highest BCUT2D eigenvalue weighted by Gasteiger charge is 2.43. The maximum Gasteiger partial charge on any atom is 0.210 e. The van der Waals surface area contributed by atoms with Crippen molar-refractivity contribution in [3.63, 3.8) is 0 Å². The number of carbonyl (C=O) groups excluding carboxylic acids is 1. The molecular formula is C10H19NO. The molecule has 0 bridgehead atoms. The molecule has 2 heteroatoms. The van der Waals surface area contributed by atoms with E-state index in [1.54, 1.807) is 0 Å². The summed E-state index contributed by atoms with van der Waals surface area (Å²) in [6, 6.07) is 0. The van der Waals surface area contributed by atoms with E-state index in [9.17, 15) is 4.79 Å². The van der Waals surface area contributed by atoms with Gasteiger partial charge < -0.3 is 4.90 Å². The molecule has 0 aromatic carbocycles. The van der Waals surface area contributed by atoms with Crippen LogP contribution in [0, 0.1) is 5.41 Å². The summed E-state index contributed by atoms with van der Waals surface area (Å²) < 4.78 is 0. The van der Waals surface area contributed by atoms with Crippen LogP contribution in [0.1, 0.15) is 40.5 Å². The maximum atomic E-state index is 10.8. The van der Waals surface area contributed by atoms with Gasteiger partial charge in [-0.25, -0.2) is 0 Å². The van der Waals surface area contributed by atoms with Crippen LogP contribution in [-0.4, -0.2) is 23.4 Å². The summed E-state index contributed by atoms with van der Waals surface area (Å²) in [4.78, 5) is 12.7. The number of nitrogens with zero attached hydrogens (tertiary/aromatic N) is 1. The first kappa shape index (κ1) is 9.56. The largest absolute Gasteiger partial charge is 0.340 e. The van der Waals surface area contributed by atoms with Crippen LogP contribution < -0.4 is 0 Å². The Labute approximate surface area is 74.9 Å². The van der Waals surface area contributed by atoms with Gasteiger partial charge in [-0.05, 0) is 32.1 Å². The molecule has 0 aromatic rings. The molecule has 0 N–H and O–H groups in total. The van der Waals surface area contributed by atoms with Crippen molar-refractivity contribution < 1.29 is 4.79 Å². The third-order valence-electron chi connectivity index (χ3n) is 3.70. The van der Waals surface area contributed by atoms with Gasteiger partial charge in [0, 0.05) is 12.1 Å². The Balaban J connectivity index is 2.89. The second-order valence-electron chi connectivity index (χ2n) is 4.85. The minimum absolute atomic E-state index is 0.00694. The number of carbonyl (C=O) groups is 1. The van der Waals surface area contributed by atoms with Crippen molar-refractivity contribution >= 4 is 6.41 Å². The van der Waals surface area contributed by atoms with Gasteiger partial charge in [0.15, 0.2) is 0 Å². The first-order valence-electron chi connectivity index (χ1n) is 4.64. The number of likely N-dealkylation sites (tertiary alicyclic amines) is 1. The van der Waals surface area contributed by atoms with Gasteiger partial charge >= 0.3 is 0 Å². The van der Waals surface area contributed by atoms with E-state index in [1.165, 1.54) is 6.42 Å². The molecule has 1 aliphatic rings. The van der Waals surface area contributed by atoms with Crippen LogP contribution in [0.4, 0.5) is 0 Å². The third-order valence-corrected chi connectivity index (χ3v) is 3.70. The number of hydrogen-bond donors (Lipinski definition) is 0. The van der Waals surface area contributed by atoms with Gasteiger partial charge in [-0.1, -0.05) is 13.8 Å². The molecule has 0 aromatic heterocycles. The summed E-state index contributed by atoms with van der Waals surface area (Å²) in [6.07, 6.45) is 3.33. The molecule has 12 heavy (non-hydrogen) atoms. The Bertz CT molecular complexity index is 184. The molecule has 1 fully saturated rings.